The fourth-order valence-corrected chi connectivity index (χ4v) is 4.05. The van der Waals surface area contributed by atoms with Crippen molar-refractivity contribution in [2.24, 2.45) is 0 Å². The largest absolute Gasteiger partial charge is 0.382 e. The first-order chi connectivity index (χ1) is 14.5. The minimum Gasteiger partial charge on any atom is -0.382 e. The summed E-state index contributed by atoms with van der Waals surface area (Å²) in [4.78, 5) is 20.1. The zero-order valence-electron chi connectivity index (χ0n) is 16.4. The maximum absolute atomic E-state index is 11.4. The number of fused-ring (bicyclic) bond motifs is 2. The lowest BCUT2D eigenvalue weighted by atomic mass is 9.72. The average molecular weight is 403 g/mol. The lowest BCUT2D eigenvalue weighted by molar-refractivity contribution is -0.121. The van der Waals surface area contributed by atoms with E-state index in [2.05, 4.69) is 37.4 Å². The first-order valence-electron chi connectivity index (χ1n) is 9.61. The van der Waals surface area contributed by atoms with E-state index < -0.39 is 0 Å². The van der Waals surface area contributed by atoms with Gasteiger partial charge in [-0.05, 0) is 31.0 Å². The molecule has 0 bridgehead atoms. The van der Waals surface area contributed by atoms with Crippen molar-refractivity contribution in [1.82, 2.24) is 34.5 Å². The number of rotatable bonds is 5. The summed E-state index contributed by atoms with van der Waals surface area (Å²) in [6, 6.07) is 5.83. The van der Waals surface area contributed by atoms with Crippen LogP contribution in [0.25, 0.3) is 22.4 Å². The van der Waals surface area contributed by atoms with Gasteiger partial charge in [0, 0.05) is 37.1 Å². The van der Waals surface area contributed by atoms with Crippen LogP contribution in [0.1, 0.15) is 19.8 Å². The lowest BCUT2D eigenvalue weighted by Gasteiger charge is -2.46. The van der Waals surface area contributed by atoms with Gasteiger partial charge < -0.3 is 16.4 Å². The van der Waals surface area contributed by atoms with E-state index >= 15 is 0 Å². The summed E-state index contributed by atoms with van der Waals surface area (Å²) in [7, 11) is 0. The third-order valence-corrected chi connectivity index (χ3v) is 5.44. The minimum atomic E-state index is -0.378. The molecule has 0 aliphatic heterocycles. The Balaban J connectivity index is 1.40. The second kappa shape index (κ2) is 6.55. The van der Waals surface area contributed by atoms with Crippen LogP contribution >= 0.6 is 0 Å². The van der Waals surface area contributed by atoms with Gasteiger partial charge >= 0.3 is 0 Å². The Bertz CT molecular complexity index is 1280. The Morgan fingerprint density at radius 2 is 2.10 bits per heavy atom. The van der Waals surface area contributed by atoms with Crippen LogP contribution in [0, 0.1) is 0 Å². The smallest absolute Gasteiger partial charge is 0.243 e. The van der Waals surface area contributed by atoms with E-state index in [9.17, 15) is 4.79 Å². The van der Waals surface area contributed by atoms with Gasteiger partial charge in [-0.2, -0.15) is 10.1 Å². The highest BCUT2D eigenvalue weighted by atomic mass is 16.1. The number of hydrogen-bond donors (Lipinski definition) is 3. The number of nitrogen functional groups attached to an aromatic ring is 1. The summed E-state index contributed by atoms with van der Waals surface area (Å²) in [6.45, 7) is 5.35. The summed E-state index contributed by atoms with van der Waals surface area (Å²) in [5.74, 6) is 0.722. The number of nitrogens with two attached hydrogens (primary N) is 1. The van der Waals surface area contributed by atoms with Gasteiger partial charge in [0.25, 0.3) is 0 Å². The van der Waals surface area contributed by atoms with Crippen LogP contribution in [0.5, 0.6) is 0 Å². The van der Waals surface area contributed by atoms with E-state index in [4.69, 9.17) is 5.73 Å². The fraction of sp³-hybridized carbons (Fsp3) is 0.250. The topological polar surface area (TPSA) is 128 Å². The van der Waals surface area contributed by atoms with Gasteiger partial charge in [-0.1, -0.05) is 6.08 Å². The number of amides is 1. The molecule has 152 valence electrons. The van der Waals surface area contributed by atoms with Gasteiger partial charge in [-0.25, -0.2) is 14.0 Å². The molecule has 0 atom stereocenters. The summed E-state index contributed by atoms with van der Waals surface area (Å²) < 4.78 is 3.41. The molecule has 0 radical (unpaired) electrons. The van der Waals surface area contributed by atoms with Crippen molar-refractivity contribution >= 4 is 28.8 Å². The SMILES string of the molecule is C=CC1(NC(C)=O)CC(Nc2nc(N)c3c(-c4ccc5nccn5n4)ccn3n2)C1. The number of nitrogens with one attached hydrogen (secondary N) is 2. The van der Waals surface area contributed by atoms with Crippen molar-refractivity contribution < 1.29 is 4.79 Å². The average Bonchev–Trinajstić information content (AvgIpc) is 3.31. The van der Waals surface area contributed by atoms with Gasteiger partial charge in [-0.15, -0.1) is 11.7 Å². The third-order valence-electron chi connectivity index (χ3n) is 5.44. The molecule has 10 heteroatoms. The van der Waals surface area contributed by atoms with Gasteiger partial charge in [-0.3, -0.25) is 4.79 Å². The predicted molar refractivity (Wildman–Crippen MR) is 113 cm³/mol. The van der Waals surface area contributed by atoms with Crippen LogP contribution in [-0.2, 0) is 4.79 Å². The maximum atomic E-state index is 11.4. The van der Waals surface area contributed by atoms with Gasteiger partial charge in [0.15, 0.2) is 11.5 Å². The van der Waals surface area contributed by atoms with Gasteiger partial charge in [0.05, 0.1) is 11.2 Å². The summed E-state index contributed by atoms with van der Waals surface area (Å²) in [5, 5.41) is 15.4. The van der Waals surface area contributed by atoms with Gasteiger partial charge in [0.2, 0.25) is 11.9 Å². The van der Waals surface area contributed by atoms with Crippen molar-refractivity contribution in [2.45, 2.75) is 31.3 Å². The first-order valence-corrected chi connectivity index (χ1v) is 9.61. The molecule has 0 spiro atoms. The van der Waals surface area contributed by atoms with E-state index in [1.165, 1.54) is 6.92 Å². The number of carbonyl (C=O) groups is 1. The van der Waals surface area contributed by atoms with Crippen molar-refractivity contribution in [2.75, 3.05) is 11.1 Å². The van der Waals surface area contributed by atoms with E-state index in [1.807, 2.05) is 24.4 Å². The molecular weight excluding hydrogens is 382 g/mol. The van der Waals surface area contributed by atoms with Crippen LogP contribution in [0.15, 0.2) is 49.4 Å². The normalized spacial score (nSPS) is 20.8. The van der Waals surface area contributed by atoms with Crippen LogP contribution in [0.4, 0.5) is 11.8 Å². The standard InChI is InChI=1S/C20H21N9O/c1-3-20(25-12(2)30)10-13(11-20)23-19-24-18(21)17-14(6-8-29(17)27-19)15-4-5-16-22-7-9-28(16)26-15/h3-9,13H,1,10-11H2,2H3,(H,25,30)(H3,21,23,24,27). The van der Waals surface area contributed by atoms with Crippen LogP contribution < -0.4 is 16.4 Å². The van der Waals surface area contributed by atoms with Crippen LogP contribution in [-0.4, -0.2) is 46.7 Å². The molecule has 1 amide bonds. The molecule has 1 fully saturated rings. The molecule has 4 aromatic heterocycles. The monoisotopic (exact) mass is 403 g/mol. The predicted octanol–water partition coefficient (Wildman–Crippen LogP) is 1.66. The highest BCUT2D eigenvalue weighted by Crippen LogP contribution is 2.35. The fourth-order valence-electron chi connectivity index (χ4n) is 4.05. The Morgan fingerprint density at radius 3 is 2.87 bits per heavy atom. The van der Waals surface area contributed by atoms with E-state index in [1.54, 1.807) is 27.5 Å². The maximum Gasteiger partial charge on any atom is 0.243 e. The van der Waals surface area contributed by atoms with Crippen LogP contribution in [0.3, 0.4) is 0 Å². The zero-order valence-corrected chi connectivity index (χ0v) is 16.4. The molecule has 0 saturated heterocycles. The molecule has 10 nitrogen and oxygen atoms in total. The number of carbonyl (C=O) groups excluding carboxylic acids is 1. The third kappa shape index (κ3) is 2.93. The Hall–Kier alpha value is -3.95. The lowest BCUT2D eigenvalue weighted by Crippen LogP contribution is -2.59. The van der Waals surface area contributed by atoms with Crippen molar-refractivity contribution in [3.8, 4) is 11.3 Å². The Morgan fingerprint density at radius 1 is 1.27 bits per heavy atom. The molecule has 4 aromatic rings. The summed E-state index contributed by atoms with van der Waals surface area (Å²) in [5.41, 5.74) is 8.97. The van der Waals surface area contributed by atoms with Crippen molar-refractivity contribution in [3.05, 3.63) is 49.4 Å². The number of aromatic nitrogens is 6. The van der Waals surface area contributed by atoms with E-state index in [-0.39, 0.29) is 17.5 Å². The van der Waals surface area contributed by atoms with E-state index in [0.29, 0.717) is 30.1 Å². The highest BCUT2D eigenvalue weighted by molar-refractivity contribution is 5.86. The summed E-state index contributed by atoms with van der Waals surface area (Å²) in [6.07, 6.45) is 8.54. The first kappa shape index (κ1) is 18.1. The zero-order chi connectivity index (χ0) is 20.9. The number of nitrogens with zero attached hydrogens (tertiary/aromatic N) is 6. The highest BCUT2D eigenvalue weighted by Gasteiger charge is 2.43. The van der Waals surface area contributed by atoms with E-state index in [0.717, 1.165) is 16.9 Å². The minimum absolute atomic E-state index is 0.0716. The number of imidazole rings is 1. The molecule has 30 heavy (non-hydrogen) atoms. The molecular formula is C20H21N9O. The molecule has 0 unspecified atom stereocenters. The Kier molecular flexibility index (Phi) is 3.95. The second-order valence-corrected chi connectivity index (χ2v) is 7.58. The van der Waals surface area contributed by atoms with Crippen molar-refractivity contribution in [1.29, 1.82) is 0 Å². The van der Waals surface area contributed by atoms with Gasteiger partial charge in [0.1, 0.15) is 5.52 Å². The molecule has 1 saturated carbocycles. The molecule has 5 rings (SSSR count). The quantitative estimate of drug-likeness (QED) is 0.432. The second-order valence-electron chi connectivity index (χ2n) is 7.58. The number of anilines is 2. The molecule has 1 aliphatic rings. The summed E-state index contributed by atoms with van der Waals surface area (Å²) >= 11 is 0. The number of hydrogen-bond acceptors (Lipinski definition) is 7. The molecule has 0 aromatic carbocycles. The Labute approximate surface area is 171 Å². The van der Waals surface area contributed by atoms with Crippen molar-refractivity contribution in [3.63, 3.8) is 0 Å². The molecule has 1 aliphatic carbocycles. The van der Waals surface area contributed by atoms with Crippen LogP contribution in [0.2, 0.25) is 0 Å². The molecule has 4 N–H and O–H groups in total. The molecule has 4 heterocycles.